The van der Waals surface area contributed by atoms with Gasteiger partial charge in [0.05, 0.1) is 12.2 Å². The summed E-state index contributed by atoms with van der Waals surface area (Å²) >= 11 is 0. The first-order chi connectivity index (χ1) is 9.70. The Morgan fingerprint density at radius 1 is 1.30 bits per heavy atom. The minimum atomic E-state index is -0.279. The van der Waals surface area contributed by atoms with Crippen molar-refractivity contribution in [2.24, 2.45) is 0 Å². The van der Waals surface area contributed by atoms with E-state index in [2.05, 4.69) is 6.08 Å². The van der Waals surface area contributed by atoms with Crippen molar-refractivity contribution < 1.29 is 9.53 Å². The highest BCUT2D eigenvalue weighted by Gasteiger charge is 2.09. The molecule has 0 amide bonds. The summed E-state index contributed by atoms with van der Waals surface area (Å²) in [5.74, 6) is -0.279. The Kier molecular flexibility index (Phi) is 5.22. The summed E-state index contributed by atoms with van der Waals surface area (Å²) in [6.07, 6.45) is 9.43. The van der Waals surface area contributed by atoms with Crippen molar-refractivity contribution >= 4 is 11.7 Å². The highest BCUT2D eigenvalue weighted by Crippen LogP contribution is 2.24. The molecule has 3 heteroatoms. The average Bonchev–Trinajstić information content (AvgIpc) is 2.47. The van der Waals surface area contributed by atoms with Crippen LogP contribution in [0.4, 0.5) is 5.69 Å². The Morgan fingerprint density at radius 2 is 2.05 bits per heavy atom. The molecule has 0 aliphatic heterocycles. The minimum Gasteiger partial charge on any atom is -0.462 e. The first-order valence-electron chi connectivity index (χ1n) is 7.44. The Hall–Kier alpha value is -1.77. The molecule has 108 valence electrons. The van der Waals surface area contributed by atoms with Crippen LogP contribution in [0.15, 0.2) is 29.8 Å². The third-order valence-electron chi connectivity index (χ3n) is 3.76. The zero-order valence-electron chi connectivity index (χ0n) is 12.2. The Labute approximate surface area is 120 Å². The first-order valence-corrected chi connectivity index (χ1v) is 7.44. The van der Waals surface area contributed by atoms with Crippen molar-refractivity contribution in [2.45, 2.75) is 45.4 Å². The monoisotopic (exact) mass is 273 g/mol. The number of esters is 1. The zero-order valence-corrected chi connectivity index (χ0v) is 12.2. The SMILES string of the molecule is CCOC(=O)c1ccc(N)c(CC=C2CCCCC2)c1. The van der Waals surface area contributed by atoms with Crippen molar-refractivity contribution in [2.75, 3.05) is 12.3 Å². The highest BCUT2D eigenvalue weighted by atomic mass is 16.5. The molecular formula is C17H23NO2. The number of benzene rings is 1. The van der Waals surface area contributed by atoms with Gasteiger partial charge in [-0.25, -0.2) is 4.79 Å². The number of anilines is 1. The van der Waals surface area contributed by atoms with Gasteiger partial charge in [-0.1, -0.05) is 18.1 Å². The Balaban J connectivity index is 2.10. The molecule has 1 saturated carbocycles. The lowest BCUT2D eigenvalue weighted by Gasteiger charge is -2.14. The normalized spacial score (nSPS) is 14.9. The lowest BCUT2D eigenvalue weighted by Crippen LogP contribution is -2.06. The van der Waals surface area contributed by atoms with Crippen LogP contribution >= 0.6 is 0 Å². The molecule has 0 bridgehead atoms. The van der Waals surface area contributed by atoms with Crippen molar-refractivity contribution in [3.05, 3.63) is 41.0 Å². The smallest absolute Gasteiger partial charge is 0.338 e. The van der Waals surface area contributed by atoms with Crippen LogP contribution in [0.25, 0.3) is 0 Å². The summed E-state index contributed by atoms with van der Waals surface area (Å²) in [4.78, 5) is 11.7. The van der Waals surface area contributed by atoms with E-state index in [9.17, 15) is 4.79 Å². The topological polar surface area (TPSA) is 52.3 Å². The number of hydrogen-bond donors (Lipinski definition) is 1. The number of nitrogen functional groups attached to an aromatic ring is 1. The summed E-state index contributed by atoms with van der Waals surface area (Å²) < 4.78 is 5.02. The second-order valence-corrected chi connectivity index (χ2v) is 5.26. The number of carbonyl (C=O) groups excluding carboxylic acids is 1. The van der Waals surface area contributed by atoms with Crippen LogP contribution in [0.2, 0.25) is 0 Å². The largest absolute Gasteiger partial charge is 0.462 e. The molecule has 20 heavy (non-hydrogen) atoms. The van der Waals surface area contributed by atoms with Gasteiger partial charge in [-0.2, -0.15) is 0 Å². The van der Waals surface area contributed by atoms with E-state index in [1.54, 1.807) is 12.1 Å². The molecule has 1 aliphatic rings. The maximum absolute atomic E-state index is 11.7. The first kappa shape index (κ1) is 14.6. The van der Waals surface area contributed by atoms with E-state index in [1.165, 1.54) is 37.7 Å². The van der Waals surface area contributed by atoms with Gasteiger partial charge in [-0.05, 0) is 62.8 Å². The van der Waals surface area contributed by atoms with Crippen LogP contribution in [0, 0.1) is 0 Å². The standard InChI is InChI=1S/C17H23NO2/c1-2-20-17(19)15-10-11-16(18)14(12-15)9-8-13-6-4-3-5-7-13/h8,10-12H,2-7,9,18H2,1H3. The molecule has 1 aromatic rings. The summed E-state index contributed by atoms with van der Waals surface area (Å²) in [7, 11) is 0. The van der Waals surface area contributed by atoms with Gasteiger partial charge in [-0.3, -0.25) is 0 Å². The molecule has 0 radical (unpaired) electrons. The van der Waals surface area contributed by atoms with Crippen LogP contribution in [0.3, 0.4) is 0 Å². The van der Waals surface area contributed by atoms with E-state index >= 15 is 0 Å². The minimum absolute atomic E-state index is 0.279. The van der Waals surface area contributed by atoms with Crippen LogP contribution in [-0.4, -0.2) is 12.6 Å². The molecular weight excluding hydrogens is 250 g/mol. The second-order valence-electron chi connectivity index (χ2n) is 5.26. The summed E-state index contributed by atoms with van der Waals surface area (Å²) in [6, 6.07) is 5.37. The second kappa shape index (κ2) is 7.13. The summed E-state index contributed by atoms with van der Waals surface area (Å²) in [5.41, 5.74) is 9.85. The van der Waals surface area contributed by atoms with Crippen LogP contribution in [0.5, 0.6) is 0 Å². The van der Waals surface area contributed by atoms with E-state index in [4.69, 9.17) is 10.5 Å². The summed E-state index contributed by atoms with van der Waals surface area (Å²) in [6.45, 7) is 2.20. The molecule has 0 saturated heterocycles. The third-order valence-corrected chi connectivity index (χ3v) is 3.76. The average molecular weight is 273 g/mol. The lowest BCUT2D eigenvalue weighted by atomic mass is 9.93. The van der Waals surface area contributed by atoms with Crippen molar-refractivity contribution in [3.63, 3.8) is 0 Å². The fourth-order valence-corrected chi connectivity index (χ4v) is 2.59. The molecule has 0 atom stereocenters. The number of ether oxygens (including phenoxy) is 1. The molecule has 3 nitrogen and oxygen atoms in total. The fraction of sp³-hybridized carbons (Fsp3) is 0.471. The number of carbonyl (C=O) groups is 1. The number of nitrogens with two attached hydrogens (primary N) is 1. The predicted octanol–water partition coefficient (Wildman–Crippen LogP) is 3.88. The van der Waals surface area contributed by atoms with Crippen molar-refractivity contribution in [3.8, 4) is 0 Å². The predicted molar refractivity (Wildman–Crippen MR) is 81.7 cm³/mol. The third kappa shape index (κ3) is 3.86. The maximum Gasteiger partial charge on any atom is 0.338 e. The molecule has 2 N–H and O–H groups in total. The van der Waals surface area contributed by atoms with Crippen molar-refractivity contribution in [1.82, 2.24) is 0 Å². The van der Waals surface area contributed by atoms with Crippen LogP contribution in [0.1, 0.15) is 54.9 Å². The van der Waals surface area contributed by atoms with Crippen LogP contribution in [-0.2, 0) is 11.2 Å². The number of hydrogen-bond acceptors (Lipinski definition) is 3. The van der Waals surface area contributed by atoms with Crippen molar-refractivity contribution in [1.29, 1.82) is 0 Å². The van der Waals surface area contributed by atoms with Gasteiger partial charge in [0.15, 0.2) is 0 Å². The Morgan fingerprint density at radius 3 is 2.75 bits per heavy atom. The molecule has 1 aliphatic carbocycles. The van der Waals surface area contributed by atoms with Crippen LogP contribution < -0.4 is 5.73 Å². The lowest BCUT2D eigenvalue weighted by molar-refractivity contribution is 0.0526. The van der Waals surface area contributed by atoms with Gasteiger partial charge >= 0.3 is 5.97 Å². The number of allylic oxidation sites excluding steroid dienone is 2. The van der Waals surface area contributed by atoms with E-state index < -0.39 is 0 Å². The molecule has 0 spiro atoms. The Bertz CT molecular complexity index is 498. The highest BCUT2D eigenvalue weighted by molar-refractivity contribution is 5.90. The quantitative estimate of drug-likeness (QED) is 0.514. The zero-order chi connectivity index (χ0) is 14.4. The number of rotatable bonds is 4. The fourth-order valence-electron chi connectivity index (χ4n) is 2.59. The van der Waals surface area contributed by atoms with E-state index in [0.29, 0.717) is 12.2 Å². The molecule has 1 aromatic carbocycles. The molecule has 1 fully saturated rings. The summed E-state index contributed by atoms with van der Waals surface area (Å²) in [5, 5.41) is 0. The van der Waals surface area contributed by atoms with E-state index in [0.717, 1.165) is 17.7 Å². The maximum atomic E-state index is 11.7. The van der Waals surface area contributed by atoms with Gasteiger partial charge in [0.25, 0.3) is 0 Å². The molecule has 0 aromatic heterocycles. The van der Waals surface area contributed by atoms with Gasteiger partial charge in [0, 0.05) is 5.69 Å². The molecule has 0 unspecified atom stereocenters. The van der Waals surface area contributed by atoms with E-state index in [1.807, 2.05) is 13.0 Å². The van der Waals surface area contributed by atoms with Gasteiger partial charge in [-0.15, -0.1) is 0 Å². The molecule has 2 rings (SSSR count). The van der Waals surface area contributed by atoms with E-state index in [-0.39, 0.29) is 5.97 Å². The van der Waals surface area contributed by atoms with Gasteiger partial charge < -0.3 is 10.5 Å². The van der Waals surface area contributed by atoms with Gasteiger partial charge in [0.1, 0.15) is 0 Å². The van der Waals surface area contributed by atoms with Gasteiger partial charge in [0.2, 0.25) is 0 Å². The molecule has 0 heterocycles.